The molecule has 0 saturated heterocycles. The Kier molecular flexibility index (Phi) is 7.33. The van der Waals surface area contributed by atoms with Crippen LogP contribution in [0, 0.1) is 21.4 Å². The van der Waals surface area contributed by atoms with Crippen LogP contribution in [0.4, 0.5) is 17.5 Å². The lowest BCUT2D eigenvalue weighted by atomic mass is 10.1. The van der Waals surface area contributed by atoms with Gasteiger partial charge in [0.15, 0.2) is 0 Å². The molecule has 0 bridgehead atoms. The SMILES string of the molecule is CC(C)(C)OC(=O)c1cnc(NCCNc2ccc([N+](=O)[O-])cn2)nc1-c1ccc(C#N)cc1. The zero-order chi connectivity index (χ0) is 24.7. The molecule has 0 aliphatic rings. The summed E-state index contributed by atoms with van der Waals surface area (Å²) in [5.41, 5.74) is 0.935. The van der Waals surface area contributed by atoms with Crippen molar-refractivity contribution in [1.82, 2.24) is 15.0 Å². The fourth-order valence-electron chi connectivity index (χ4n) is 2.84. The van der Waals surface area contributed by atoms with Crippen LogP contribution in [0.15, 0.2) is 48.8 Å². The molecule has 0 fully saturated rings. The molecule has 0 aliphatic heterocycles. The molecule has 0 saturated carbocycles. The van der Waals surface area contributed by atoms with Crippen LogP contribution in [0.5, 0.6) is 0 Å². The third-order valence-electron chi connectivity index (χ3n) is 4.37. The van der Waals surface area contributed by atoms with Gasteiger partial charge in [0, 0.05) is 30.9 Å². The molecule has 0 aliphatic carbocycles. The summed E-state index contributed by atoms with van der Waals surface area (Å²) in [4.78, 5) is 35.6. The zero-order valence-corrected chi connectivity index (χ0v) is 18.9. The minimum atomic E-state index is -0.687. The van der Waals surface area contributed by atoms with Gasteiger partial charge in [0.05, 0.1) is 22.2 Å². The smallest absolute Gasteiger partial charge is 0.342 e. The molecule has 2 aromatic heterocycles. The molecule has 0 atom stereocenters. The lowest BCUT2D eigenvalue weighted by Crippen LogP contribution is -2.25. The Morgan fingerprint density at radius 2 is 1.79 bits per heavy atom. The summed E-state index contributed by atoms with van der Waals surface area (Å²) >= 11 is 0. The molecule has 3 aromatic rings. The number of hydrogen-bond acceptors (Lipinski definition) is 10. The maximum atomic E-state index is 12.7. The maximum Gasteiger partial charge on any atom is 0.342 e. The van der Waals surface area contributed by atoms with E-state index in [0.717, 1.165) is 0 Å². The lowest BCUT2D eigenvalue weighted by molar-refractivity contribution is -0.385. The van der Waals surface area contributed by atoms with Crippen molar-refractivity contribution >= 4 is 23.4 Å². The lowest BCUT2D eigenvalue weighted by Gasteiger charge is -2.20. The Morgan fingerprint density at radius 3 is 2.38 bits per heavy atom. The minimum Gasteiger partial charge on any atom is -0.456 e. The van der Waals surface area contributed by atoms with Crippen molar-refractivity contribution in [3.8, 4) is 17.3 Å². The Morgan fingerprint density at radius 1 is 1.09 bits per heavy atom. The highest BCUT2D eigenvalue weighted by atomic mass is 16.6. The number of carbonyl (C=O) groups excluding carboxylic acids is 1. The molecule has 11 heteroatoms. The Hall–Kier alpha value is -4.59. The maximum absolute atomic E-state index is 12.7. The number of hydrogen-bond donors (Lipinski definition) is 2. The number of carbonyl (C=O) groups is 1. The van der Waals surface area contributed by atoms with E-state index in [1.54, 1.807) is 45.0 Å². The number of aromatic nitrogens is 3. The van der Waals surface area contributed by atoms with Crippen molar-refractivity contribution in [2.75, 3.05) is 23.7 Å². The molecule has 34 heavy (non-hydrogen) atoms. The average Bonchev–Trinajstić information content (AvgIpc) is 2.81. The Labute approximate surface area is 196 Å². The number of esters is 1. The molecule has 0 amide bonds. The normalized spacial score (nSPS) is 10.8. The number of nitrogens with zero attached hydrogens (tertiary/aromatic N) is 5. The first kappa shape index (κ1) is 24.1. The molecular formula is C23H23N7O4. The van der Waals surface area contributed by atoms with Crippen molar-refractivity contribution < 1.29 is 14.5 Å². The van der Waals surface area contributed by atoms with Gasteiger partial charge in [-0.1, -0.05) is 12.1 Å². The Bertz CT molecular complexity index is 1210. The van der Waals surface area contributed by atoms with Crippen molar-refractivity contribution in [2.24, 2.45) is 0 Å². The summed E-state index contributed by atoms with van der Waals surface area (Å²) in [5.74, 6) is 0.237. The fraction of sp³-hybridized carbons (Fsp3) is 0.261. The number of pyridine rings is 1. The van der Waals surface area contributed by atoms with Crippen LogP contribution in [0.25, 0.3) is 11.3 Å². The van der Waals surface area contributed by atoms with Gasteiger partial charge in [0.2, 0.25) is 5.95 Å². The average molecular weight is 461 g/mol. The van der Waals surface area contributed by atoms with E-state index in [1.165, 1.54) is 24.5 Å². The summed E-state index contributed by atoms with van der Waals surface area (Å²) in [5, 5.41) is 25.9. The third kappa shape index (κ3) is 6.46. The van der Waals surface area contributed by atoms with Crippen LogP contribution in [0.2, 0.25) is 0 Å². The van der Waals surface area contributed by atoms with Crippen LogP contribution in [0.1, 0.15) is 36.7 Å². The van der Waals surface area contributed by atoms with E-state index >= 15 is 0 Å². The Balaban J connectivity index is 1.74. The van der Waals surface area contributed by atoms with Crippen LogP contribution >= 0.6 is 0 Å². The second kappa shape index (κ2) is 10.4. The predicted molar refractivity (Wildman–Crippen MR) is 125 cm³/mol. The van der Waals surface area contributed by atoms with E-state index in [2.05, 4.69) is 31.7 Å². The van der Waals surface area contributed by atoms with Gasteiger partial charge in [-0.05, 0) is 39.0 Å². The molecule has 1 aromatic carbocycles. The molecule has 3 rings (SSSR count). The second-order valence-electron chi connectivity index (χ2n) is 8.16. The van der Waals surface area contributed by atoms with Gasteiger partial charge in [0.1, 0.15) is 23.2 Å². The van der Waals surface area contributed by atoms with E-state index in [0.29, 0.717) is 41.7 Å². The first-order chi connectivity index (χ1) is 16.2. The van der Waals surface area contributed by atoms with Gasteiger partial charge in [-0.3, -0.25) is 10.1 Å². The van der Waals surface area contributed by atoms with Crippen LogP contribution in [0.3, 0.4) is 0 Å². The van der Waals surface area contributed by atoms with Gasteiger partial charge < -0.3 is 15.4 Å². The van der Waals surface area contributed by atoms with Gasteiger partial charge in [-0.25, -0.2) is 19.7 Å². The zero-order valence-electron chi connectivity index (χ0n) is 18.9. The quantitative estimate of drug-likeness (QED) is 0.219. The molecule has 2 N–H and O–H groups in total. The van der Waals surface area contributed by atoms with Crippen LogP contribution < -0.4 is 10.6 Å². The highest BCUT2D eigenvalue weighted by Gasteiger charge is 2.23. The summed E-state index contributed by atoms with van der Waals surface area (Å²) in [7, 11) is 0. The standard InChI is InChI=1S/C23H23N7O4/c1-23(2,3)34-21(31)18-14-28-22(29-20(18)16-6-4-15(12-24)5-7-16)26-11-10-25-19-9-8-17(13-27-19)30(32)33/h4-9,13-14H,10-11H2,1-3H3,(H,25,27)(H,26,28,29). The summed E-state index contributed by atoms with van der Waals surface area (Å²) in [6.45, 7) is 6.17. The number of anilines is 2. The summed E-state index contributed by atoms with van der Waals surface area (Å²) in [6, 6.07) is 11.7. The van der Waals surface area contributed by atoms with Crippen molar-refractivity contribution in [2.45, 2.75) is 26.4 Å². The predicted octanol–water partition coefficient (Wildman–Crippen LogP) is 3.80. The third-order valence-corrected chi connectivity index (χ3v) is 4.37. The monoisotopic (exact) mass is 461 g/mol. The summed E-state index contributed by atoms with van der Waals surface area (Å²) < 4.78 is 5.49. The van der Waals surface area contributed by atoms with Gasteiger partial charge >= 0.3 is 5.97 Å². The van der Waals surface area contributed by atoms with Crippen molar-refractivity contribution in [3.05, 3.63) is 70.0 Å². The topological polar surface area (TPSA) is 156 Å². The molecule has 174 valence electrons. The molecule has 0 radical (unpaired) electrons. The van der Waals surface area contributed by atoms with Gasteiger partial charge in [0.25, 0.3) is 5.69 Å². The highest BCUT2D eigenvalue weighted by Crippen LogP contribution is 2.25. The highest BCUT2D eigenvalue weighted by molar-refractivity contribution is 5.96. The molecule has 2 heterocycles. The van der Waals surface area contributed by atoms with E-state index in [-0.39, 0.29) is 11.3 Å². The first-order valence-electron chi connectivity index (χ1n) is 10.4. The second-order valence-corrected chi connectivity index (χ2v) is 8.16. The van der Waals surface area contributed by atoms with Gasteiger partial charge in [-0.2, -0.15) is 5.26 Å². The first-order valence-corrected chi connectivity index (χ1v) is 10.4. The summed E-state index contributed by atoms with van der Waals surface area (Å²) in [6.07, 6.45) is 2.58. The molecular weight excluding hydrogens is 438 g/mol. The van der Waals surface area contributed by atoms with E-state index in [9.17, 15) is 14.9 Å². The van der Waals surface area contributed by atoms with E-state index in [4.69, 9.17) is 10.00 Å². The number of ether oxygens (including phenoxy) is 1. The molecule has 0 spiro atoms. The molecule has 11 nitrogen and oxygen atoms in total. The number of nitro groups is 1. The largest absolute Gasteiger partial charge is 0.456 e. The minimum absolute atomic E-state index is 0.0857. The van der Waals surface area contributed by atoms with Crippen molar-refractivity contribution in [3.63, 3.8) is 0 Å². The van der Waals surface area contributed by atoms with Crippen LogP contribution in [-0.4, -0.2) is 44.5 Å². The van der Waals surface area contributed by atoms with Gasteiger partial charge in [-0.15, -0.1) is 0 Å². The van der Waals surface area contributed by atoms with E-state index in [1.807, 2.05) is 0 Å². The number of nitrogens with one attached hydrogen (secondary N) is 2. The van der Waals surface area contributed by atoms with E-state index < -0.39 is 16.5 Å². The van der Waals surface area contributed by atoms with Crippen LogP contribution in [-0.2, 0) is 4.74 Å². The fourth-order valence-corrected chi connectivity index (χ4v) is 2.84. The van der Waals surface area contributed by atoms with Crippen molar-refractivity contribution in [1.29, 1.82) is 5.26 Å². The number of nitriles is 1. The number of rotatable bonds is 8. The number of benzene rings is 1. The molecule has 0 unspecified atom stereocenters.